The minimum Gasteiger partial charge on any atom is -0.350 e. The van der Waals surface area contributed by atoms with Crippen LogP contribution < -0.4 is 9.62 Å². The van der Waals surface area contributed by atoms with E-state index < -0.39 is 28.3 Å². The van der Waals surface area contributed by atoms with Crippen LogP contribution in [0.3, 0.4) is 0 Å². The van der Waals surface area contributed by atoms with Crippen molar-refractivity contribution in [1.82, 2.24) is 5.32 Å². The first-order valence-corrected chi connectivity index (χ1v) is 11.9. The summed E-state index contributed by atoms with van der Waals surface area (Å²) >= 11 is 0. The summed E-state index contributed by atoms with van der Waals surface area (Å²) in [4.78, 5) is 12.8. The summed E-state index contributed by atoms with van der Waals surface area (Å²) < 4.78 is 41.1. The van der Waals surface area contributed by atoms with Gasteiger partial charge in [0.2, 0.25) is 5.91 Å². The zero-order valence-electron chi connectivity index (χ0n) is 18.0. The third-order valence-electron chi connectivity index (χ3n) is 5.37. The molecule has 7 heteroatoms. The second-order valence-corrected chi connectivity index (χ2v) is 9.58. The zero-order valence-corrected chi connectivity index (χ0v) is 18.8. The molecule has 0 saturated heterocycles. The van der Waals surface area contributed by atoms with Crippen molar-refractivity contribution < 1.29 is 17.6 Å². The molecule has 168 valence electrons. The van der Waals surface area contributed by atoms with Crippen LogP contribution in [0.15, 0.2) is 95.9 Å². The lowest BCUT2D eigenvalue weighted by Crippen LogP contribution is -2.40. The van der Waals surface area contributed by atoms with Crippen molar-refractivity contribution in [3.05, 3.63) is 108 Å². The maximum atomic E-state index is 13.4. The van der Waals surface area contributed by atoms with Crippen LogP contribution in [-0.2, 0) is 21.4 Å². The molecule has 0 aliphatic rings. The molecule has 0 aromatic heterocycles. The van der Waals surface area contributed by atoms with Gasteiger partial charge in [0.15, 0.2) is 0 Å². The van der Waals surface area contributed by atoms with E-state index in [1.165, 1.54) is 12.1 Å². The number of carbonyl (C=O) groups is 1. The zero-order chi connectivity index (χ0) is 23.4. The van der Waals surface area contributed by atoms with E-state index in [0.29, 0.717) is 5.69 Å². The molecule has 0 aliphatic heterocycles. The highest BCUT2D eigenvalue weighted by atomic mass is 32.2. The highest BCUT2D eigenvalue weighted by molar-refractivity contribution is 7.92. The van der Waals surface area contributed by atoms with Gasteiger partial charge in [-0.1, -0.05) is 60.2 Å². The number of carbonyl (C=O) groups excluding carboxylic acids is 1. The highest BCUT2D eigenvalue weighted by Crippen LogP contribution is 2.24. The van der Waals surface area contributed by atoms with Crippen molar-refractivity contribution in [1.29, 1.82) is 0 Å². The molecule has 0 radical (unpaired) electrons. The number of nitrogens with one attached hydrogen (secondary N) is 1. The molecule has 0 atom stereocenters. The van der Waals surface area contributed by atoms with Gasteiger partial charge in [-0.05, 0) is 59.7 Å². The molecule has 4 aromatic carbocycles. The molecule has 5 nitrogen and oxygen atoms in total. The number of benzene rings is 4. The number of sulfonamides is 1. The number of halogens is 1. The summed E-state index contributed by atoms with van der Waals surface area (Å²) in [5, 5.41) is 4.91. The van der Waals surface area contributed by atoms with Crippen LogP contribution >= 0.6 is 0 Å². The molecule has 4 rings (SSSR count). The Hall–Kier alpha value is -3.71. The third kappa shape index (κ3) is 5.04. The van der Waals surface area contributed by atoms with Gasteiger partial charge in [-0.3, -0.25) is 9.10 Å². The molecule has 0 saturated carbocycles. The van der Waals surface area contributed by atoms with Crippen molar-refractivity contribution in [3.8, 4) is 0 Å². The first kappa shape index (κ1) is 22.5. The summed E-state index contributed by atoms with van der Waals surface area (Å²) in [7, 11) is -4.09. The largest absolute Gasteiger partial charge is 0.350 e. The standard InChI is InChI=1S/C26H23FN2O3S/c1-19-9-13-23(14-10-19)29(33(31,32)24-15-11-22(27)12-16-24)18-26(30)28-17-21-7-4-6-20-5-2-3-8-25(20)21/h2-16H,17-18H2,1H3,(H,28,30). The molecule has 0 unspecified atom stereocenters. The summed E-state index contributed by atoms with van der Waals surface area (Å²) in [5.74, 6) is -0.988. The minimum absolute atomic E-state index is 0.0914. The summed E-state index contributed by atoms with van der Waals surface area (Å²) in [6, 6.07) is 25.1. The third-order valence-corrected chi connectivity index (χ3v) is 7.15. The number of fused-ring (bicyclic) bond motifs is 1. The predicted molar refractivity (Wildman–Crippen MR) is 128 cm³/mol. The summed E-state index contributed by atoms with van der Waals surface area (Å²) in [5.41, 5.74) is 2.24. The summed E-state index contributed by atoms with van der Waals surface area (Å²) in [6.07, 6.45) is 0. The predicted octanol–water partition coefficient (Wildman–Crippen LogP) is 4.80. The van der Waals surface area contributed by atoms with Crippen LogP contribution in [0.25, 0.3) is 10.8 Å². The number of aryl methyl sites for hydroxylation is 1. The molecule has 0 aliphatic carbocycles. The Morgan fingerprint density at radius 1 is 0.879 bits per heavy atom. The van der Waals surface area contributed by atoms with E-state index in [4.69, 9.17) is 0 Å². The van der Waals surface area contributed by atoms with E-state index in [1.807, 2.05) is 49.4 Å². The van der Waals surface area contributed by atoms with Crippen LogP contribution in [0.1, 0.15) is 11.1 Å². The Morgan fingerprint density at radius 2 is 1.55 bits per heavy atom. The highest BCUT2D eigenvalue weighted by Gasteiger charge is 2.27. The molecule has 1 amide bonds. The smallest absolute Gasteiger partial charge is 0.264 e. The fraction of sp³-hybridized carbons (Fsp3) is 0.115. The Labute approximate surface area is 192 Å². The molecule has 4 aromatic rings. The number of hydrogen-bond acceptors (Lipinski definition) is 3. The van der Waals surface area contributed by atoms with Gasteiger partial charge < -0.3 is 5.32 Å². The van der Waals surface area contributed by atoms with Crippen LogP contribution in [0, 0.1) is 12.7 Å². The van der Waals surface area contributed by atoms with Crippen LogP contribution in [-0.4, -0.2) is 20.9 Å². The van der Waals surface area contributed by atoms with Crippen molar-refractivity contribution in [3.63, 3.8) is 0 Å². The van der Waals surface area contributed by atoms with Crippen LogP contribution in [0.5, 0.6) is 0 Å². The average Bonchev–Trinajstić information content (AvgIpc) is 2.82. The van der Waals surface area contributed by atoms with Gasteiger partial charge in [-0.25, -0.2) is 12.8 Å². The Morgan fingerprint density at radius 3 is 2.27 bits per heavy atom. The van der Waals surface area contributed by atoms with Gasteiger partial charge in [-0.15, -0.1) is 0 Å². The number of amides is 1. The fourth-order valence-corrected chi connectivity index (χ4v) is 5.01. The molecular formula is C26H23FN2O3S. The lowest BCUT2D eigenvalue weighted by atomic mass is 10.0. The topological polar surface area (TPSA) is 66.5 Å². The molecular weight excluding hydrogens is 439 g/mol. The van der Waals surface area contributed by atoms with Crippen LogP contribution in [0.2, 0.25) is 0 Å². The van der Waals surface area contributed by atoms with E-state index >= 15 is 0 Å². The molecule has 33 heavy (non-hydrogen) atoms. The van der Waals surface area contributed by atoms with E-state index in [1.54, 1.807) is 24.3 Å². The van der Waals surface area contributed by atoms with E-state index in [0.717, 1.165) is 38.3 Å². The first-order valence-electron chi connectivity index (χ1n) is 10.4. The molecule has 0 spiro atoms. The van der Waals surface area contributed by atoms with Gasteiger partial charge in [0, 0.05) is 6.54 Å². The number of nitrogens with zero attached hydrogens (tertiary/aromatic N) is 1. The Bertz CT molecular complexity index is 1380. The van der Waals surface area contributed by atoms with Gasteiger partial charge in [0.05, 0.1) is 10.6 Å². The number of rotatable bonds is 7. The van der Waals surface area contributed by atoms with Gasteiger partial charge in [0.25, 0.3) is 10.0 Å². The SMILES string of the molecule is Cc1ccc(N(CC(=O)NCc2cccc3ccccc23)S(=O)(=O)c2ccc(F)cc2)cc1. The van der Waals surface area contributed by atoms with Crippen molar-refractivity contribution >= 4 is 32.4 Å². The Balaban J connectivity index is 1.59. The molecule has 0 fully saturated rings. The molecule has 0 bridgehead atoms. The average molecular weight is 463 g/mol. The van der Waals surface area contributed by atoms with Gasteiger partial charge >= 0.3 is 0 Å². The van der Waals surface area contributed by atoms with E-state index in [-0.39, 0.29) is 11.4 Å². The quantitative estimate of drug-likeness (QED) is 0.429. The monoisotopic (exact) mass is 462 g/mol. The van der Waals surface area contributed by atoms with E-state index in [2.05, 4.69) is 5.32 Å². The molecule has 1 N–H and O–H groups in total. The van der Waals surface area contributed by atoms with Gasteiger partial charge in [-0.2, -0.15) is 0 Å². The summed E-state index contributed by atoms with van der Waals surface area (Å²) in [6.45, 7) is 1.74. The van der Waals surface area contributed by atoms with Crippen molar-refractivity contribution in [2.24, 2.45) is 0 Å². The van der Waals surface area contributed by atoms with Gasteiger partial charge in [0.1, 0.15) is 12.4 Å². The lowest BCUT2D eigenvalue weighted by Gasteiger charge is -2.24. The lowest BCUT2D eigenvalue weighted by molar-refractivity contribution is -0.119. The normalized spacial score (nSPS) is 11.3. The maximum absolute atomic E-state index is 13.4. The molecule has 0 heterocycles. The fourth-order valence-electron chi connectivity index (χ4n) is 3.59. The van der Waals surface area contributed by atoms with Crippen molar-refractivity contribution in [2.75, 3.05) is 10.8 Å². The number of anilines is 1. The van der Waals surface area contributed by atoms with E-state index in [9.17, 15) is 17.6 Å². The number of hydrogen-bond donors (Lipinski definition) is 1. The first-order chi connectivity index (χ1) is 15.8. The maximum Gasteiger partial charge on any atom is 0.264 e. The Kier molecular flexibility index (Phi) is 6.42. The minimum atomic E-state index is -4.09. The van der Waals surface area contributed by atoms with Crippen molar-refractivity contribution in [2.45, 2.75) is 18.4 Å². The van der Waals surface area contributed by atoms with Crippen LogP contribution in [0.4, 0.5) is 10.1 Å². The second kappa shape index (κ2) is 9.42. The second-order valence-electron chi connectivity index (χ2n) is 7.72.